The summed E-state index contributed by atoms with van der Waals surface area (Å²) in [5.74, 6) is 0.000255. The maximum absolute atomic E-state index is 12.2. The van der Waals surface area contributed by atoms with Gasteiger partial charge in [0, 0.05) is 6.54 Å². The first-order valence-electron chi connectivity index (χ1n) is 6.80. The first-order chi connectivity index (χ1) is 9.08. The molecule has 1 aromatic carbocycles. The number of amides is 1. The van der Waals surface area contributed by atoms with Gasteiger partial charge in [-0.3, -0.25) is 4.79 Å². The minimum Gasteiger partial charge on any atom is -0.375 e. The maximum Gasteiger partial charge on any atom is 0.240 e. The summed E-state index contributed by atoms with van der Waals surface area (Å²) in [6, 6.07) is 7.96. The summed E-state index contributed by atoms with van der Waals surface area (Å²) in [5, 5.41) is 6.23. The van der Waals surface area contributed by atoms with Crippen LogP contribution in [0.3, 0.4) is 0 Å². The highest BCUT2D eigenvalue weighted by Gasteiger charge is 2.28. The zero-order valence-corrected chi connectivity index (χ0v) is 13.0. The normalized spacial score (nSPS) is 23.6. The number of nitrogens with one attached hydrogen (secondary N) is 2. The van der Waals surface area contributed by atoms with Crippen molar-refractivity contribution >= 4 is 18.3 Å². The summed E-state index contributed by atoms with van der Waals surface area (Å²) in [6.07, 6.45) is -0.0843. The van der Waals surface area contributed by atoms with Crippen LogP contribution in [0.2, 0.25) is 0 Å². The van der Waals surface area contributed by atoms with Crippen LogP contribution in [0.15, 0.2) is 24.3 Å². The van der Waals surface area contributed by atoms with E-state index >= 15 is 0 Å². The van der Waals surface area contributed by atoms with Crippen molar-refractivity contribution in [1.82, 2.24) is 10.6 Å². The molecule has 2 N–H and O–H groups in total. The van der Waals surface area contributed by atoms with Crippen molar-refractivity contribution in [2.45, 2.75) is 39.0 Å². The van der Waals surface area contributed by atoms with Crippen LogP contribution in [-0.2, 0) is 9.53 Å². The van der Waals surface area contributed by atoms with Gasteiger partial charge in [-0.1, -0.05) is 29.8 Å². The molecule has 1 aliphatic heterocycles. The maximum atomic E-state index is 12.2. The van der Waals surface area contributed by atoms with E-state index < -0.39 is 0 Å². The second kappa shape index (κ2) is 7.62. The van der Waals surface area contributed by atoms with Gasteiger partial charge >= 0.3 is 0 Å². The summed E-state index contributed by atoms with van der Waals surface area (Å²) in [7, 11) is 0. The van der Waals surface area contributed by atoms with Gasteiger partial charge in [0.1, 0.15) is 6.04 Å². The Morgan fingerprint density at radius 3 is 2.65 bits per heavy atom. The van der Waals surface area contributed by atoms with Gasteiger partial charge in [-0.25, -0.2) is 0 Å². The van der Waals surface area contributed by atoms with Crippen molar-refractivity contribution in [3.63, 3.8) is 0 Å². The number of carbonyl (C=O) groups is 1. The molecule has 5 heteroatoms. The third-order valence-electron chi connectivity index (χ3n) is 3.54. The second-order valence-electron chi connectivity index (χ2n) is 5.15. The minimum atomic E-state index is -0.262. The van der Waals surface area contributed by atoms with E-state index in [1.807, 2.05) is 13.8 Å². The molecule has 1 fully saturated rings. The lowest BCUT2D eigenvalue weighted by Crippen LogP contribution is -2.55. The monoisotopic (exact) mass is 298 g/mol. The average Bonchev–Trinajstić information content (AvgIpc) is 2.39. The largest absolute Gasteiger partial charge is 0.375 e. The van der Waals surface area contributed by atoms with Crippen LogP contribution in [0, 0.1) is 6.92 Å². The van der Waals surface area contributed by atoms with Crippen LogP contribution in [0.4, 0.5) is 0 Å². The van der Waals surface area contributed by atoms with Gasteiger partial charge < -0.3 is 15.4 Å². The van der Waals surface area contributed by atoms with Crippen LogP contribution in [0.1, 0.15) is 31.0 Å². The van der Waals surface area contributed by atoms with Crippen molar-refractivity contribution in [3.8, 4) is 0 Å². The molecule has 1 amide bonds. The van der Waals surface area contributed by atoms with Gasteiger partial charge in [0.2, 0.25) is 5.91 Å². The van der Waals surface area contributed by atoms with E-state index in [-0.39, 0.29) is 36.5 Å². The summed E-state index contributed by atoms with van der Waals surface area (Å²) < 4.78 is 5.49. The molecule has 112 valence electrons. The molecule has 20 heavy (non-hydrogen) atoms. The van der Waals surface area contributed by atoms with Gasteiger partial charge in [0.05, 0.1) is 18.8 Å². The average molecular weight is 299 g/mol. The molecule has 2 rings (SSSR count). The second-order valence-corrected chi connectivity index (χ2v) is 5.15. The molecule has 1 saturated heterocycles. The smallest absolute Gasteiger partial charge is 0.240 e. The Hall–Kier alpha value is -1.10. The van der Waals surface area contributed by atoms with Crippen LogP contribution in [-0.4, -0.2) is 31.2 Å². The Bertz CT molecular complexity index is 436. The Kier molecular flexibility index (Phi) is 6.46. The third-order valence-corrected chi connectivity index (χ3v) is 3.54. The first kappa shape index (κ1) is 17.0. The zero-order valence-electron chi connectivity index (χ0n) is 12.2. The fourth-order valence-corrected chi connectivity index (χ4v) is 2.27. The van der Waals surface area contributed by atoms with Crippen molar-refractivity contribution in [1.29, 1.82) is 0 Å². The van der Waals surface area contributed by atoms with Crippen LogP contribution >= 0.6 is 12.4 Å². The number of ether oxygens (including phenoxy) is 1. The number of halogens is 1. The van der Waals surface area contributed by atoms with E-state index in [0.717, 1.165) is 12.1 Å². The summed E-state index contributed by atoms with van der Waals surface area (Å²) in [5.41, 5.74) is 2.33. The van der Waals surface area contributed by atoms with Crippen molar-refractivity contribution in [3.05, 3.63) is 35.4 Å². The van der Waals surface area contributed by atoms with E-state index in [1.165, 1.54) is 5.56 Å². The van der Waals surface area contributed by atoms with E-state index in [1.54, 1.807) is 0 Å². The quantitative estimate of drug-likeness (QED) is 0.897. The van der Waals surface area contributed by atoms with Crippen molar-refractivity contribution < 1.29 is 9.53 Å². The predicted octanol–water partition coefficient (Wildman–Crippen LogP) is 1.97. The number of carbonyl (C=O) groups excluding carboxylic acids is 1. The SMILES string of the molecule is Cc1ccc(C(C)NC(=O)[C@H]2NCCO[C@@H]2C)cc1.Cl. The molecule has 3 atom stereocenters. The van der Waals surface area contributed by atoms with Gasteiger partial charge in [-0.15, -0.1) is 12.4 Å². The fourth-order valence-electron chi connectivity index (χ4n) is 2.27. The zero-order chi connectivity index (χ0) is 13.8. The Morgan fingerprint density at radius 1 is 1.40 bits per heavy atom. The van der Waals surface area contributed by atoms with Crippen molar-refractivity contribution in [2.24, 2.45) is 0 Å². The number of aryl methyl sites for hydroxylation is 1. The van der Waals surface area contributed by atoms with Gasteiger partial charge in [0.15, 0.2) is 0 Å². The molecule has 0 bridgehead atoms. The molecule has 1 heterocycles. The topological polar surface area (TPSA) is 50.4 Å². The standard InChI is InChI=1S/C15H22N2O2.ClH/c1-10-4-6-13(7-5-10)11(2)17-15(18)14-12(3)19-9-8-16-14;/h4-7,11-12,14,16H,8-9H2,1-3H3,(H,17,18);1H/t11?,12-,14+;/m1./s1. The number of benzene rings is 1. The van der Waals surface area contributed by atoms with Crippen molar-refractivity contribution in [2.75, 3.05) is 13.2 Å². The lowest BCUT2D eigenvalue weighted by Gasteiger charge is -2.30. The molecule has 1 unspecified atom stereocenters. The van der Waals surface area contributed by atoms with E-state index in [2.05, 4.69) is 41.8 Å². The molecule has 0 aliphatic carbocycles. The Labute approximate surface area is 126 Å². The lowest BCUT2D eigenvalue weighted by molar-refractivity contribution is -0.129. The molecule has 0 radical (unpaired) electrons. The fraction of sp³-hybridized carbons (Fsp3) is 0.533. The molecule has 0 spiro atoms. The van der Waals surface area contributed by atoms with Crippen LogP contribution in [0.5, 0.6) is 0 Å². The van der Waals surface area contributed by atoms with Gasteiger partial charge in [0.25, 0.3) is 0 Å². The Morgan fingerprint density at radius 2 is 2.05 bits per heavy atom. The highest BCUT2D eigenvalue weighted by Crippen LogP contribution is 2.14. The number of rotatable bonds is 3. The highest BCUT2D eigenvalue weighted by atomic mass is 35.5. The van der Waals surface area contributed by atoms with Crippen LogP contribution in [0.25, 0.3) is 0 Å². The molecular formula is C15H23ClN2O2. The third kappa shape index (κ3) is 4.20. The lowest BCUT2D eigenvalue weighted by atomic mass is 10.1. The molecule has 1 aliphatic rings. The molecular weight excluding hydrogens is 276 g/mol. The van der Waals surface area contributed by atoms with Gasteiger partial charge in [-0.2, -0.15) is 0 Å². The minimum absolute atomic E-state index is 0. The van der Waals surface area contributed by atoms with E-state index in [4.69, 9.17) is 4.74 Å². The Balaban J connectivity index is 0.00000200. The van der Waals surface area contributed by atoms with Crippen LogP contribution < -0.4 is 10.6 Å². The summed E-state index contributed by atoms with van der Waals surface area (Å²) >= 11 is 0. The number of hydrogen-bond donors (Lipinski definition) is 2. The first-order valence-corrected chi connectivity index (χ1v) is 6.80. The highest BCUT2D eigenvalue weighted by molar-refractivity contribution is 5.85. The number of hydrogen-bond acceptors (Lipinski definition) is 3. The summed E-state index contributed by atoms with van der Waals surface area (Å²) in [6.45, 7) is 7.36. The predicted molar refractivity (Wildman–Crippen MR) is 82.2 cm³/mol. The molecule has 0 aromatic heterocycles. The molecule has 0 saturated carbocycles. The van der Waals surface area contributed by atoms with Gasteiger partial charge in [-0.05, 0) is 26.3 Å². The summed E-state index contributed by atoms with van der Waals surface area (Å²) in [4.78, 5) is 12.2. The number of morpholine rings is 1. The van der Waals surface area contributed by atoms with E-state index in [9.17, 15) is 4.79 Å². The molecule has 4 nitrogen and oxygen atoms in total. The molecule has 1 aromatic rings. The van der Waals surface area contributed by atoms with E-state index in [0.29, 0.717) is 6.61 Å².